The van der Waals surface area contributed by atoms with Crippen LogP contribution in [0.4, 0.5) is 0 Å². The van der Waals surface area contributed by atoms with Crippen molar-refractivity contribution in [1.29, 1.82) is 0 Å². The summed E-state index contributed by atoms with van der Waals surface area (Å²) in [5, 5.41) is 0. The van der Waals surface area contributed by atoms with E-state index in [9.17, 15) is 4.79 Å². The van der Waals surface area contributed by atoms with Crippen LogP contribution in [0, 0.1) is 11.8 Å². The average Bonchev–Trinajstić information content (AvgIpc) is 2.39. The summed E-state index contributed by atoms with van der Waals surface area (Å²) in [4.78, 5) is 10.8. The molecule has 0 saturated carbocycles. The molecule has 0 aromatic carbocycles. The SMILES string of the molecule is CCCCCC#CC/C=C/CCCCC(=O)OC. The second-order valence-corrected chi connectivity index (χ2v) is 4.31. The largest absolute Gasteiger partial charge is 0.469 e. The number of ether oxygens (including phenoxy) is 1. The van der Waals surface area contributed by atoms with E-state index in [0.29, 0.717) is 6.42 Å². The number of carbonyl (C=O) groups excluding carboxylic acids is 1. The summed E-state index contributed by atoms with van der Waals surface area (Å²) in [5.41, 5.74) is 0. The lowest BCUT2D eigenvalue weighted by atomic mass is 10.2. The summed E-state index contributed by atoms with van der Waals surface area (Å²) >= 11 is 0. The highest BCUT2D eigenvalue weighted by molar-refractivity contribution is 5.68. The number of esters is 1. The fourth-order valence-electron chi connectivity index (χ4n) is 1.52. The van der Waals surface area contributed by atoms with Gasteiger partial charge in [0.15, 0.2) is 0 Å². The first-order chi connectivity index (χ1) is 8.81. The molecule has 0 fully saturated rings. The third-order valence-electron chi connectivity index (χ3n) is 2.65. The highest BCUT2D eigenvalue weighted by atomic mass is 16.5. The van der Waals surface area contributed by atoms with Crippen LogP contribution in [0.2, 0.25) is 0 Å². The summed E-state index contributed by atoms with van der Waals surface area (Å²) in [7, 11) is 1.43. The Bertz CT molecular complexity index is 281. The van der Waals surface area contributed by atoms with Crippen molar-refractivity contribution >= 4 is 5.97 Å². The van der Waals surface area contributed by atoms with Gasteiger partial charge in [-0.2, -0.15) is 0 Å². The van der Waals surface area contributed by atoms with Crippen LogP contribution < -0.4 is 0 Å². The fourth-order valence-corrected chi connectivity index (χ4v) is 1.52. The Kier molecular flexibility index (Phi) is 12.9. The van der Waals surface area contributed by atoms with E-state index >= 15 is 0 Å². The van der Waals surface area contributed by atoms with Crippen molar-refractivity contribution in [2.24, 2.45) is 0 Å². The molecule has 102 valence electrons. The topological polar surface area (TPSA) is 26.3 Å². The molecule has 0 bridgehead atoms. The molecule has 0 aromatic rings. The van der Waals surface area contributed by atoms with Crippen molar-refractivity contribution < 1.29 is 9.53 Å². The van der Waals surface area contributed by atoms with Crippen molar-refractivity contribution in [3.8, 4) is 11.8 Å². The van der Waals surface area contributed by atoms with Crippen LogP contribution in [0.1, 0.15) is 64.7 Å². The van der Waals surface area contributed by atoms with Crippen LogP contribution in [-0.2, 0) is 9.53 Å². The van der Waals surface area contributed by atoms with Gasteiger partial charge in [-0.05, 0) is 25.7 Å². The van der Waals surface area contributed by atoms with Crippen LogP contribution in [0.5, 0.6) is 0 Å². The van der Waals surface area contributed by atoms with Crippen molar-refractivity contribution in [1.82, 2.24) is 0 Å². The van der Waals surface area contributed by atoms with Gasteiger partial charge in [0.1, 0.15) is 0 Å². The Balaban J connectivity index is 3.30. The summed E-state index contributed by atoms with van der Waals surface area (Å²) in [6, 6.07) is 0. The van der Waals surface area contributed by atoms with E-state index in [2.05, 4.69) is 35.7 Å². The van der Waals surface area contributed by atoms with Gasteiger partial charge in [0, 0.05) is 19.3 Å². The number of hydrogen-bond acceptors (Lipinski definition) is 2. The molecule has 0 aliphatic rings. The standard InChI is InChI=1S/C16H26O2/c1-3-4-5-6-7-8-9-10-11-12-13-14-15-16(17)18-2/h10-11H,3-6,9,12-15H2,1-2H3/b11-10+. The van der Waals surface area contributed by atoms with Gasteiger partial charge in [-0.1, -0.05) is 37.8 Å². The molecular formula is C16H26O2. The molecule has 2 nitrogen and oxygen atoms in total. The minimum absolute atomic E-state index is 0.114. The number of rotatable bonds is 9. The number of hydrogen-bond donors (Lipinski definition) is 0. The average molecular weight is 250 g/mol. The highest BCUT2D eigenvalue weighted by Gasteiger charge is 1.97. The Morgan fingerprint density at radius 1 is 1.11 bits per heavy atom. The molecule has 0 amide bonds. The molecule has 0 aliphatic heterocycles. The minimum atomic E-state index is -0.114. The second kappa shape index (κ2) is 13.8. The molecule has 0 aliphatic carbocycles. The molecule has 0 heterocycles. The number of methoxy groups -OCH3 is 1. The molecule has 0 atom stereocenters. The molecule has 2 heteroatoms. The lowest BCUT2D eigenvalue weighted by Gasteiger charge is -1.96. The monoisotopic (exact) mass is 250 g/mol. The summed E-state index contributed by atoms with van der Waals surface area (Å²) in [6.45, 7) is 2.20. The predicted molar refractivity (Wildman–Crippen MR) is 76.2 cm³/mol. The predicted octanol–water partition coefficient (Wildman–Crippen LogP) is 4.25. The molecule has 0 N–H and O–H groups in total. The molecule has 0 aromatic heterocycles. The van der Waals surface area contributed by atoms with Gasteiger partial charge in [0.05, 0.1) is 7.11 Å². The minimum Gasteiger partial charge on any atom is -0.469 e. The molecule has 0 unspecified atom stereocenters. The maximum absolute atomic E-state index is 10.8. The first-order valence-electron chi connectivity index (χ1n) is 6.98. The molecule has 0 radical (unpaired) electrons. The molecule has 18 heavy (non-hydrogen) atoms. The number of unbranched alkanes of at least 4 members (excludes halogenated alkanes) is 5. The Labute approximate surface area is 112 Å². The van der Waals surface area contributed by atoms with Crippen molar-refractivity contribution in [2.75, 3.05) is 7.11 Å². The van der Waals surface area contributed by atoms with Crippen LogP contribution in [0.3, 0.4) is 0 Å². The maximum atomic E-state index is 10.8. The zero-order valence-corrected chi connectivity index (χ0v) is 11.8. The third kappa shape index (κ3) is 12.8. The zero-order valence-electron chi connectivity index (χ0n) is 11.8. The highest BCUT2D eigenvalue weighted by Crippen LogP contribution is 2.02. The number of carbonyl (C=O) groups is 1. The molecular weight excluding hydrogens is 224 g/mol. The first-order valence-corrected chi connectivity index (χ1v) is 6.98. The lowest BCUT2D eigenvalue weighted by Crippen LogP contribution is -1.98. The number of allylic oxidation sites excluding steroid dienone is 2. The lowest BCUT2D eigenvalue weighted by molar-refractivity contribution is -0.140. The Morgan fingerprint density at radius 3 is 2.67 bits per heavy atom. The van der Waals surface area contributed by atoms with Gasteiger partial charge in [-0.3, -0.25) is 4.79 Å². The smallest absolute Gasteiger partial charge is 0.305 e. The van der Waals surface area contributed by atoms with Crippen LogP contribution in [0.25, 0.3) is 0 Å². The van der Waals surface area contributed by atoms with Gasteiger partial charge in [-0.25, -0.2) is 0 Å². The quantitative estimate of drug-likeness (QED) is 0.265. The van der Waals surface area contributed by atoms with Crippen LogP contribution in [0.15, 0.2) is 12.2 Å². The normalized spacial score (nSPS) is 10.1. The van der Waals surface area contributed by atoms with E-state index < -0.39 is 0 Å². The van der Waals surface area contributed by atoms with E-state index in [-0.39, 0.29) is 5.97 Å². The van der Waals surface area contributed by atoms with Crippen molar-refractivity contribution in [2.45, 2.75) is 64.7 Å². The summed E-state index contributed by atoms with van der Waals surface area (Å²) in [6.07, 6.45) is 13.4. The zero-order chi connectivity index (χ0) is 13.5. The second-order valence-electron chi connectivity index (χ2n) is 4.31. The van der Waals surface area contributed by atoms with E-state index in [1.165, 1.54) is 26.4 Å². The van der Waals surface area contributed by atoms with Gasteiger partial charge in [0.2, 0.25) is 0 Å². The molecule has 0 rings (SSSR count). The molecule has 0 saturated heterocycles. The van der Waals surface area contributed by atoms with Crippen molar-refractivity contribution in [3.63, 3.8) is 0 Å². The van der Waals surface area contributed by atoms with E-state index in [0.717, 1.165) is 32.1 Å². The van der Waals surface area contributed by atoms with Gasteiger partial charge in [0.25, 0.3) is 0 Å². The molecule has 0 spiro atoms. The summed E-state index contributed by atoms with van der Waals surface area (Å²) in [5.74, 6) is 6.22. The van der Waals surface area contributed by atoms with E-state index in [4.69, 9.17) is 0 Å². The fraction of sp³-hybridized carbons (Fsp3) is 0.688. The first kappa shape index (κ1) is 16.8. The summed E-state index contributed by atoms with van der Waals surface area (Å²) < 4.78 is 4.57. The van der Waals surface area contributed by atoms with Crippen molar-refractivity contribution in [3.05, 3.63) is 12.2 Å². The van der Waals surface area contributed by atoms with Gasteiger partial charge < -0.3 is 4.74 Å². The van der Waals surface area contributed by atoms with E-state index in [1.54, 1.807) is 0 Å². The Hall–Kier alpha value is -1.23. The maximum Gasteiger partial charge on any atom is 0.305 e. The van der Waals surface area contributed by atoms with E-state index in [1.807, 2.05) is 0 Å². The van der Waals surface area contributed by atoms with Crippen LogP contribution in [-0.4, -0.2) is 13.1 Å². The third-order valence-corrected chi connectivity index (χ3v) is 2.65. The van der Waals surface area contributed by atoms with Gasteiger partial charge >= 0.3 is 5.97 Å². The Morgan fingerprint density at radius 2 is 1.94 bits per heavy atom. The van der Waals surface area contributed by atoms with Crippen LogP contribution >= 0.6 is 0 Å². The van der Waals surface area contributed by atoms with Gasteiger partial charge in [-0.15, -0.1) is 5.92 Å².